The molecule has 0 aliphatic rings. The monoisotopic (exact) mass is 339 g/mol. The molecule has 0 radical (unpaired) electrons. The van der Waals surface area contributed by atoms with Crippen LogP contribution in [-0.2, 0) is 12.0 Å². The highest BCUT2D eigenvalue weighted by atomic mass is 79.9. The molecule has 0 saturated heterocycles. The molecule has 0 saturated carbocycles. The first-order valence-corrected chi connectivity index (χ1v) is 6.88. The summed E-state index contributed by atoms with van der Waals surface area (Å²) in [6, 6.07) is 6.33. The Morgan fingerprint density at radius 3 is 2.80 bits per heavy atom. The van der Waals surface area contributed by atoms with Gasteiger partial charge in [-0.15, -0.1) is 0 Å². The first kappa shape index (κ1) is 14.9. The van der Waals surface area contributed by atoms with Gasteiger partial charge in [0.1, 0.15) is 11.6 Å². The Labute approximate surface area is 125 Å². The maximum Gasteiger partial charge on any atom is 0.133 e. The minimum Gasteiger partial charge on any atom is -0.496 e. The number of nitrogens with zero attached hydrogens (tertiary/aromatic N) is 1. The predicted molar refractivity (Wildman–Crippen MR) is 78.2 cm³/mol. The molecule has 0 aliphatic carbocycles. The summed E-state index contributed by atoms with van der Waals surface area (Å²) in [5.41, 5.74) is -0.434. The summed E-state index contributed by atoms with van der Waals surface area (Å²) in [6.07, 6.45) is 3.53. The summed E-state index contributed by atoms with van der Waals surface area (Å²) >= 11 is 3.33. The molecule has 20 heavy (non-hydrogen) atoms. The smallest absolute Gasteiger partial charge is 0.133 e. The topological polar surface area (TPSA) is 42.4 Å². The molecule has 0 amide bonds. The van der Waals surface area contributed by atoms with Crippen LogP contribution in [0, 0.1) is 5.82 Å². The molecule has 0 spiro atoms. The fraction of sp³-hybridized carbons (Fsp3) is 0.267. The summed E-state index contributed by atoms with van der Waals surface area (Å²) in [6.45, 7) is 1.56. The number of rotatable bonds is 4. The van der Waals surface area contributed by atoms with Crippen LogP contribution in [0.2, 0.25) is 0 Å². The van der Waals surface area contributed by atoms with Crippen LogP contribution in [0.5, 0.6) is 5.75 Å². The first-order chi connectivity index (χ1) is 9.44. The van der Waals surface area contributed by atoms with Crippen molar-refractivity contribution in [3.8, 4) is 5.75 Å². The lowest BCUT2D eigenvalue weighted by atomic mass is 9.88. The molecule has 1 aromatic carbocycles. The Hall–Kier alpha value is -1.46. The van der Waals surface area contributed by atoms with Crippen LogP contribution in [0.4, 0.5) is 4.39 Å². The van der Waals surface area contributed by atoms with Gasteiger partial charge in [0.05, 0.1) is 18.3 Å². The van der Waals surface area contributed by atoms with Crippen molar-refractivity contribution in [2.75, 3.05) is 7.11 Å². The van der Waals surface area contributed by atoms with E-state index in [1.165, 1.54) is 13.2 Å². The summed E-state index contributed by atoms with van der Waals surface area (Å²) in [5, 5.41) is 10.7. The zero-order valence-electron chi connectivity index (χ0n) is 11.2. The van der Waals surface area contributed by atoms with E-state index in [1.807, 2.05) is 6.07 Å². The fourth-order valence-corrected chi connectivity index (χ4v) is 2.65. The van der Waals surface area contributed by atoms with Crippen LogP contribution in [0.3, 0.4) is 0 Å². The van der Waals surface area contributed by atoms with Crippen LogP contribution >= 0.6 is 15.9 Å². The van der Waals surface area contributed by atoms with E-state index in [1.54, 1.807) is 31.5 Å². The van der Waals surface area contributed by atoms with Gasteiger partial charge < -0.3 is 9.84 Å². The third-order valence-corrected chi connectivity index (χ3v) is 3.48. The van der Waals surface area contributed by atoms with Crippen LogP contribution in [0.15, 0.2) is 41.1 Å². The molecule has 0 bridgehead atoms. The number of halogens is 2. The van der Waals surface area contributed by atoms with Crippen molar-refractivity contribution in [3.05, 3.63) is 58.1 Å². The van der Waals surface area contributed by atoms with E-state index >= 15 is 0 Å². The lowest BCUT2D eigenvalue weighted by molar-refractivity contribution is 0.0509. The van der Waals surface area contributed by atoms with Gasteiger partial charge in [0.25, 0.3) is 0 Å². The van der Waals surface area contributed by atoms with E-state index in [0.29, 0.717) is 5.75 Å². The van der Waals surface area contributed by atoms with Crippen molar-refractivity contribution < 1.29 is 14.2 Å². The Balaban J connectivity index is 2.40. The summed E-state index contributed by atoms with van der Waals surface area (Å²) in [4.78, 5) is 4.04. The number of aliphatic hydroxyl groups is 1. The Morgan fingerprint density at radius 2 is 2.15 bits per heavy atom. The van der Waals surface area contributed by atoms with Crippen LogP contribution in [0.25, 0.3) is 0 Å². The molecule has 1 atom stereocenters. The molecule has 1 unspecified atom stereocenters. The van der Waals surface area contributed by atoms with Gasteiger partial charge in [-0.1, -0.05) is 6.07 Å². The highest BCUT2D eigenvalue weighted by molar-refractivity contribution is 9.10. The number of hydrogen-bond acceptors (Lipinski definition) is 3. The minimum atomic E-state index is -1.39. The van der Waals surface area contributed by atoms with Crippen molar-refractivity contribution in [1.29, 1.82) is 0 Å². The number of pyridine rings is 1. The molecule has 106 valence electrons. The minimum absolute atomic E-state index is 0.155. The molecule has 1 N–H and O–H groups in total. The lowest BCUT2D eigenvalue weighted by Crippen LogP contribution is -2.26. The largest absolute Gasteiger partial charge is 0.496 e. The van der Waals surface area contributed by atoms with Gasteiger partial charge in [-0.05, 0) is 46.6 Å². The first-order valence-electron chi connectivity index (χ1n) is 6.09. The zero-order valence-corrected chi connectivity index (χ0v) is 12.8. The second-order valence-electron chi connectivity index (χ2n) is 4.78. The number of benzene rings is 1. The van der Waals surface area contributed by atoms with Crippen LogP contribution in [-0.4, -0.2) is 17.2 Å². The average molecular weight is 340 g/mol. The second kappa shape index (κ2) is 5.89. The Kier molecular flexibility index (Phi) is 4.40. The molecule has 0 fully saturated rings. The van der Waals surface area contributed by atoms with E-state index in [4.69, 9.17) is 4.74 Å². The van der Waals surface area contributed by atoms with Crippen molar-refractivity contribution in [2.45, 2.75) is 18.9 Å². The van der Waals surface area contributed by atoms with Crippen molar-refractivity contribution in [2.24, 2.45) is 0 Å². The van der Waals surface area contributed by atoms with E-state index in [0.717, 1.165) is 10.0 Å². The highest BCUT2D eigenvalue weighted by Gasteiger charge is 2.30. The highest BCUT2D eigenvalue weighted by Crippen LogP contribution is 2.34. The number of ether oxygens (including phenoxy) is 1. The molecule has 1 aromatic heterocycles. The van der Waals surface area contributed by atoms with Gasteiger partial charge in [-0.2, -0.15) is 0 Å². The van der Waals surface area contributed by atoms with Gasteiger partial charge in [0.15, 0.2) is 0 Å². The van der Waals surface area contributed by atoms with Gasteiger partial charge in [-0.3, -0.25) is 4.98 Å². The number of methoxy groups -OCH3 is 1. The maximum atomic E-state index is 14.0. The zero-order chi connectivity index (χ0) is 14.8. The Morgan fingerprint density at radius 1 is 1.40 bits per heavy atom. The van der Waals surface area contributed by atoms with Gasteiger partial charge in [0, 0.05) is 23.3 Å². The van der Waals surface area contributed by atoms with Crippen LogP contribution in [0.1, 0.15) is 18.1 Å². The van der Waals surface area contributed by atoms with E-state index in [9.17, 15) is 9.50 Å². The molecular formula is C15H15BrFNO2. The quantitative estimate of drug-likeness (QED) is 0.927. The standard InChI is InChI=1S/C15H15BrFNO2/c1-15(19,7-10-6-11(16)9-18-8-10)14-12(17)4-3-5-13(14)20-2/h3-6,8-9,19H,7H2,1-2H3. The molecule has 5 heteroatoms. The predicted octanol–water partition coefficient (Wildman–Crippen LogP) is 3.44. The van der Waals surface area contributed by atoms with Crippen molar-refractivity contribution in [3.63, 3.8) is 0 Å². The second-order valence-corrected chi connectivity index (χ2v) is 5.69. The summed E-state index contributed by atoms with van der Waals surface area (Å²) < 4.78 is 20.0. The van der Waals surface area contributed by atoms with Gasteiger partial charge >= 0.3 is 0 Å². The molecule has 2 aromatic rings. The number of aromatic nitrogens is 1. The molecule has 1 heterocycles. The Bertz CT molecular complexity index is 617. The summed E-state index contributed by atoms with van der Waals surface area (Å²) in [7, 11) is 1.45. The van der Waals surface area contributed by atoms with Crippen LogP contribution < -0.4 is 4.74 Å². The molecule has 0 aliphatic heterocycles. The molecule has 2 rings (SSSR count). The normalized spacial score (nSPS) is 13.8. The fourth-order valence-electron chi connectivity index (χ4n) is 2.24. The van der Waals surface area contributed by atoms with E-state index in [2.05, 4.69) is 20.9 Å². The van der Waals surface area contributed by atoms with Crippen molar-refractivity contribution in [1.82, 2.24) is 4.98 Å². The van der Waals surface area contributed by atoms with Gasteiger partial charge in [0.2, 0.25) is 0 Å². The maximum absolute atomic E-state index is 14.0. The van der Waals surface area contributed by atoms with Crippen molar-refractivity contribution >= 4 is 15.9 Å². The van der Waals surface area contributed by atoms with E-state index in [-0.39, 0.29) is 12.0 Å². The third kappa shape index (κ3) is 3.16. The number of hydrogen-bond donors (Lipinski definition) is 1. The summed E-state index contributed by atoms with van der Waals surface area (Å²) in [5.74, 6) is -0.157. The average Bonchev–Trinajstić information content (AvgIpc) is 2.37. The SMILES string of the molecule is COc1cccc(F)c1C(C)(O)Cc1cncc(Br)c1. The van der Waals surface area contributed by atoms with Gasteiger partial charge in [-0.25, -0.2) is 4.39 Å². The lowest BCUT2D eigenvalue weighted by Gasteiger charge is -2.26. The molecular weight excluding hydrogens is 325 g/mol. The van der Waals surface area contributed by atoms with E-state index < -0.39 is 11.4 Å². The molecule has 3 nitrogen and oxygen atoms in total. The third-order valence-electron chi connectivity index (χ3n) is 3.04.